The van der Waals surface area contributed by atoms with Crippen LogP contribution in [0.2, 0.25) is 0 Å². The van der Waals surface area contributed by atoms with Crippen LogP contribution in [0.15, 0.2) is 160 Å². The number of phosphoric ester groups is 4. The van der Waals surface area contributed by atoms with Crippen LogP contribution in [-0.2, 0) is 142 Å². The molecule has 8 aromatic rings. The van der Waals surface area contributed by atoms with E-state index in [-0.39, 0.29) is 64.5 Å². The maximum absolute atomic E-state index is 14.8. The highest BCUT2D eigenvalue weighted by molar-refractivity contribution is 14.1. The Morgan fingerprint density at radius 1 is 0.340 bits per heavy atom. The van der Waals surface area contributed by atoms with Crippen molar-refractivity contribution in [1.29, 1.82) is 0 Å². The molecule has 8 heterocycles. The van der Waals surface area contributed by atoms with Crippen LogP contribution in [0, 0.1) is 44.3 Å². The highest BCUT2D eigenvalue weighted by Gasteiger charge is 2.52. The molecule has 4 aromatic heterocycles. The Balaban J connectivity index is 0.000000214. The van der Waals surface area contributed by atoms with Gasteiger partial charge in [-0.25, -0.2) is 73.3 Å². The second-order valence-electron chi connectivity index (χ2n) is 30.7. The first-order valence-electron chi connectivity index (χ1n) is 39.7. The Morgan fingerprint density at radius 3 is 0.840 bits per heavy atom. The molecule has 4 aliphatic heterocycles. The van der Waals surface area contributed by atoms with Crippen molar-refractivity contribution < 1.29 is 226 Å². The Labute approximate surface area is 823 Å². The highest BCUT2D eigenvalue weighted by atomic mass is 127. The lowest BCUT2D eigenvalue weighted by molar-refractivity contribution is -0.0571. The number of alkyl halides is 4. The summed E-state index contributed by atoms with van der Waals surface area (Å²) in [4.78, 5) is 208. The van der Waals surface area contributed by atoms with E-state index in [2.05, 4.69) is 35.3 Å². The molecule has 144 heavy (non-hydrogen) atoms. The minimum absolute atomic E-state index is 0.00840. The van der Waals surface area contributed by atoms with Crippen molar-refractivity contribution in [2.45, 2.75) is 163 Å². The topological polar surface area (TPSA) is 828 Å². The molecule has 0 saturated carbocycles. The van der Waals surface area contributed by atoms with Crippen LogP contribution in [0.5, 0.6) is 0 Å². The molecular formula is C70H82F8I2N8O48P8. The van der Waals surface area contributed by atoms with Gasteiger partial charge in [-0.3, -0.25) is 73.8 Å². The fourth-order valence-electron chi connectivity index (χ4n) is 13.6. The molecule has 12 rings (SSSR count). The van der Waals surface area contributed by atoms with Gasteiger partial charge in [-0.05, 0) is 95.1 Å². The largest absolute Gasteiger partial charge is 0.481 e. The zero-order valence-corrected chi connectivity index (χ0v) is 83.6. The van der Waals surface area contributed by atoms with Gasteiger partial charge in [-0.1, -0.05) is 72.8 Å². The number of halogens is 10. The molecule has 8 unspecified atom stereocenters. The SMILES string of the molecule is Cc1cn([C@@H]2O[C@H](COP(=O)(O)OP(=O)(O)O)C(O)[C@@H]2O)c(=O)n(CC(F)(F)c2ccccc2)c1=O.Cc1cn([C@@H]2O[C@H](COP(=O)(O)OP(=O)(O)O)C(O)[C@@H]2O)c(=O)n(CCc2ccc(F)cc2F)c1=O.O=c1c(I)cn([C@@H]2O[C@H](COP(=O)(O)OP(=O)(O)O)C(O)[C@@H]2O)c(=O)n1CC(F)(F)c1ccccc1.O=c1c(I)cn([C@@H]2O[C@H](COP(=O)(O)OP(=O)(O)O)C(O)[C@@H]2O)c(=O)n1CCc1ccc(F)cc1F. The molecule has 4 aromatic carbocycles. The molecule has 0 radical (unpaired) electrons. The third kappa shape index (κ3) is 32.1. The normalized spacial score (nSPS) is 24.3. The lowest BCUT2D eigenvalue weighted by Crippen LogP contribution is -2.46. The van der Waals surface area contributed by atoms with Crippen LogP contribution >= 0.6 is 108 Å². The molecule has 0 amide bonds. The zero-order valence-electron chi connectivity index (χ0n) is 72.2. The summed E-state index contributed by atoms with van der Waals surface area (Å²) in [5.74, 6) is -10.6. The Morgan fingerprint density at radius 2 is 0.576 bits per heavy atom. The molecule has 800 valence electrons. The number of ether oxygens (including phenoxy) is 4. The van der Waals surface area contributed by atoms with Crippen LogP contribution in [0.1, 0.15) is 58.3 Å². The fraction of sp³-hybridized carbons (Fsp3) is 0.429. The lowest BCUT2D eigenvalue weighted by atomic mass is 10.1. The standard InChI is InChI=1S/2C18H22F2N2O12P2.2C17H19F2IN2O12P2/c1-9-7-22(18(26)21(16(9)25)5-4-10-2-3-11(19)6-12(10)20)17-15(24)14(23)13(33-17)8-32-36(30,31)34-35(27,28)29;1-10-7-21(17(26)22(15(10)25)9-18(19,20)11-5-3-2-4-6-11)16-14(24)13(23)12(33-16)8-32-36(30,31)34-35(27,28)29;18-9-2-1-8(10(19)5-9)3-4-21-15(25)11(20)6-22(17(21)26)16-14(24)13(23)12(33-16)7-32-36(30,31)34-35(27,28)29;18-17(19,9-4-2-1-3-5-9)8-22-14(25)10(20)6-21(16(22)26)15-13(24)12(23)11(33-15)7-32-36(30,31)34-35(27,28)29/h2-3,6-7,13-15,17,23-24H,4-5,8H2,1H3,(H,30,31)(H2,27,28,29);2-7,12-14,16,23-24H,8-9H2,1H3,(H,30,31)(H2,27,28,29);1-2,5-6,12-14,16,23-24H,3-4,7H2,(H,30,31)(H2,27,28,29);1-6,11-13,15,23-24H,7-8H2,(H,30,31)(H2,27,28,29)/t13-,14?,15+,17-;2*12-,13?,14+,16-;11-,12?,13+,15-/m1111/s1. The average molecular weight is 2460 g/mol. The monoisotopic (exact) mass is 2460 g/mol. The van der Waals surface area contributed by atoms with Crippen molar-refractivity contribution in [3.8, 4) is 0 Å². The minimum atomic E-state index is -5.43. The van der Waals surface area contributed by atoms with E-state index < -0.39 is 291 Å². The molecule has 0 aliphatic carbocycles. The summed E-state index contributed by atoms with van der Waals surface area (Å²) >= 11 is 3.08. The van der Waals surface area contributed by atoms with E-state index in [1.165, 1.54) is 72.8 Å². The van der Waals surface area contributed by atoms with Crippen LogP contribution in [0.3, 0.4) is 0 Å². The van der Waals surface area contributed by atoms with Crippen molar-refractivity contribution in [3.05, 3.63) is 269 Å². The molecule has 74 heteroatoms. The van der Waals surface area contributed by atoms with Crippen molar-refractivity contribution in [2.75, 3.05) is 26.4 Å². The van der Waals surface area contributed by atoms with Gasteiger partial charge in [0.1, 0.15) is 96.5 Å². The number of aromatic nitrogens is 8. The van der Waals surface area contributed by atoms with E-state index in [1.807, 2.05) is 0 Å². The Hall–Kier alpha value is -6.94. The Kier molecular flexibility index (Phi) is 40.3. The fourth-order valence-corrected chi connectivity index (χ4v) is 21.2. The van der Waals surface area contributed by atoms with Gasteiger partial charge in [0.05, 0.1) is 46.7 Å². The molecule has 4 fully saturated rings. The van der Waals surface area contributed by atoms with Crippen molar-refractivity contribution in [3.63, 3.8) is 0 Å². The molecule has 0 spiro atoms. The molecule has 4 aliphatic rings. The number of hydrogen-bond donors (Lipinski definition) is 20. The number of aliphatic hydroxyl groups is 8. The number of aliphatic hydroxyl groups excluding tert-OH is 8. The summed E-state index contributed by atoms with van der Waals surface area (Å²) in [6, 6.07) is 18.5. The maximum Gasteiger partial charge on any atom is 0.481 e. The first-order valence-corrected chi connectivity index (χ1v) is 54.0. The number of phosphoric acid groups is 8. The predicted molar refractivity (Wildman–Crippen MR) is 475 cm³/mol. The van der Waals surface area contributed by atoms with Crippen molar-refractivity contribution in [1.82, 2.24) is 36.5 Å². The molecule has 56 nitrogen and oxygen atoms in total. The summed E-state index contributed by atoms with van der Waals surface area (Å²) < 4.78 is 260. The lowest BCUT2D eigenvalue weighted by Gasteiger charge is -2.22. The third-order valence-corrected chi connectivity index (χ3v) is 30.4. The van der Waals surface area contributed by atoms with Gasteiger partial charge in [0.2, 0.25) is 0 Å². The van der Waals surface area contributed by atoms with Gasteiger partial charge in [-0.2, -0.15) is 34.8 Å². The molecule has 20 N–H and O–H groups in total. The minimum Gasteiger partial charge on any atom is -0.387 e. The maximum atomic E-state index is 14.8. The van der Waals surface area contributed by atoms with Gasteiger partial charge in [0.15, 0.2) is 24.9 Å². The van der Waals surface area contributed by atoms with Crippen LogP contribution in [0.4, 0.5) is 35.1 Å². The first kappa shape index (κ1) is 121. The number of hydrogen-bond acceptors (Lipinski definition) is 36. The van der Waals surface area contributed by atoms with E-state index in [4.69, 9.17) is 58.1 Å². The van der Waals surface area contributed by atoms with E-state index in [0.29, 0.717) is 25.8 Å². The average Bonchev–Trinajstić information content (AvgIpc) is 1.57. The summed E-state index contributed by atoms with van der Waals surface area (Å²) in [5.41, 5.74) is -9.23. The summed E-state index contributed by atoms with van der Waals surface area (Å²) in [6.45, 7) is -4.85. The summed E-state index contributed by atoms with van der Waals surface area (Å²) in [6.07, 6.45) is -24.4. The third-order valence-electron chi connectivity index (χ3n) is 20.3. The molecular weight excluding hydrogens is 2370 g/mol. The van der Waals surface area contributed by atoms with E-state index in [0.717, 1.165) is 87.0 Å². The Bertz CT molecular complexity index is 6530. The van der Waals surface area contributed by atoms with Crippen molar-refractivity contribution >= 4 is 108 Å². The highest BCUT2D eigenvalue weighted by Crippen LogP contribution is 2.61. The second kappa shape index (κ2) is 48.1. The van der Waals surface area contributed by atoms with E-state index in [1.54, 1.807) is 22.6 Å². The smallest absolute Gasteiger partial charge is 0.387 e. The van der Waals surface area contributed by atoms with Gasteiger partial charge < -0.3 is 119 Å². The summed E-state index contributed by atoms with van der Waals surface area (Å²) in [5, 5.41) is 82.4. The number of rotatable bonds is 36. The molecule has 0 bridgehead atoms. The van der Waals surface area contributed by atoms with E-state index >= 15 is 0 Å². The van der Waals surface area contributed by atoms with Crippen LogP contribution < -0.4 is 45.0 Å². The van der Waals surface area contributed by atoms with Gasteiger partial charge in [0, 0.05) is 72.3 Å². The van der Waals surface area contributed by atoms with Gasteiger partial charge in [-0.15, -0.1) is 0 Å². The number of aryl methyl sites for hydroxylation is 4. The van der Waals surface area contributed by atoms with Gasteiger partial charge in [0.25, 0.3) is 34.1 Å². The van der Waals surface area contributed by atoms with Gasteiger partial charge >= 0.3 is 85.3 Å². The number of nitrogens with zero attached hydrogens (tertiary/aromatic N) is 8. The van der Waals surface area contributed by atoms with Crippen LogP contribution in [0.25, 0.3) is 0 Å². The predicted octanol–water partition coefficient (Wildman–Crippen LogP) is -0.126. The second-order valence-corrected chi connectivity index (χ2v) is 44.3. The molecule has 20 atom stereocenters. The zero-order chi connectivity index (χ0) is 108. The first-order chi connectivity index (χ1) is 66.2. The van der Waals surface area contributed by atoms with Crippen molar-refractivity contribution in [2.24, 2.45) is 0 Å². The summed E-state index contributed by atoms with van der Waals surface area (Å²) in [7, 11) is -42.9. The quantitative estimate of drug-likeness (QED) is 0.0138. The van der Waals surface area contributed by atoms with Crippen LogP contribution in [-0.4, -0.2) is 236 Å². The number of benzene rings is 4. The van der Waals surface area contributed by atoms with E-state index in [9.17, 15) is 170 Å². The molecule has 4 saturated heterocycles.